The Morgan fingerprint density at radius 1 is 1.21 bits per heavy atom. The monoisotopic (exact) mass is 346 g/mol. The number of H-pyrrole nitrogens is 1. The predicted octanol–water partition coefficient (Wildman–Crippen LogP) is 3.46. The van der Waals surface area contributed by atoms with Gasteiger partial charge >= 0.3 is 5.97 Å². The summed E-state index contributed by atoms with van der Waals surface area (Å²) in [6.45, 7) is 6.00. The predicted molar refractivity (Wildman–Crippen MR) is 95.6 cm³/mol. The van der Waals surface area contributed by atoms with Crippen molar-refractivity contribution in [2.24, 2.45) is 0 Å². The molecule has 0 aliphatic heterocycles. The lowest BCUT2D eigenvalue weighted by molar-refractivity contribution is 0.0525. The van der Waals surface area contributed by atoms with Gasteiger partial charge in [0.05, 0.1) is 12.2 Å². The van der Waals surface area contributed by atoms with Crippen molar-refractivity contribution in [1.29, 1.82) is 0 Å². The number of esters is 1. The Morgan fingerprint density at radius 3 is 2.46 bits per heavy atom. The zero-order chi connectivity index (χ0) is 17.7. The van der Waals surface area contributed by atoms with Gasteiger partial charge in [-0.25, -0.2) is 4.79 Å². The molecule has 1 aromatic carbocycles. The van der Waals surface area contributed by atoms with E-state index in [9.17, 15) is 9.59 Å². The van der Waals surface area contributed by atoms with Crippen LogP contribution in [0.3, 0.4) is 0 Å². The number of amides is 1. The number of hydrogen-bond acceptors (Lipinski definition) is 4. The maximum Gasteiger partial charge on any atom is 0.340 e. The van der Waals surface area contributed by atoms with E-state index >= 15 is 0 Å². The molecule has 0 aliphatic rings. The summed E-state index contributed by atoms with van der Waals surface area (Å²) in [6.07, 6.45) is 2.02. The number of hydrogen-bond donors (Lipinski definition) is 2. The zero-order valence-corrected chi connectivity index (χ0v) is 15.2. The molecule has 0 radical (unpaired) electrons. The Hall–Kier alpha value is -2.21. The van der Waals surface area contributed by atoms with E-state index in [4.69, 9.17) is 4.74 Å². The molecule has 24 heavy (non-hydrogen) atoms. The van der Waals surface area contributed by atoms with Crippen LogP contribution in [0.25, 0.3) is 0 Å². The van der Waals surface area contributed by atoms with Gasteiger partial charge in [-0.1, -0.05) is 12.1 Å². The molecule has 128 valence electrons. The standard InChI is InChI=1S/C18H22N2O3S/c1-5-23-18(22)15-11(2)16(20-12(15)3)17(21)19-10-13-6-8-14(24-4)9-7-13/h6-9,20H,5,10H2,1-4H3,(H,19,21). The average Bonchev–Trinajstić information content (AvgIpc) is 2.88. The van der Waals surface area contributed by atoms with Gasteiger partial charge in [0.25, 0.3) is 5.91 Å². The highest BCUT2D eigenvalue weighted by atomic mass is 32.2. The molecule has 0 bridgehead atoms. The van der Waals surface area contributed by atoms with Crippen LogP contribution < -0.4 is 5.32 Å². The second kappa shape index (κ2) is 8.06. The molecule has 2 N–H and O–H groups in total. The first-order valence-corrected chi connectivity index (χ1v) is 8.97. The Kier molecular flexibility index (Phi) is 6.09. The van der Waals surface area contributed by atoms with Gasteiger partial charge in [-0.3, -0.25) is 4.79 Å². The third-order valence-electron chi connectivity index (χ3n) is 3.76. The van der Waals surface area contributed by atoms with E-state index in [0.717, 1.165) is 5.56 Å². The molecular formula is C18H22N2O3S. The third-order valence-corrected chi connectivity index (χ3v) is 4.50. The first kappa shape index (κ1) is 18.1. The van der Waals surface area contributed by atoms with Gasteiger partial charge < -0.3 is 15.0 Å². The van der Waals surface area contributed by atoms with Gasteiger partial charge in [-0.15, -0.1) is 11.8 Å². The molecule has 2 rings (SSSR count). The maximum atomic E-state index is 12.4. The van der Waals surface area contributed by atoms with Crippen molar-refractivity contribution in [3.8, 4) is 0 Å². The van der Waals surface area contributed by atoms with Crippen LogP contribution in [0.15, 0.2) is 29.2 Å². The number of aryl methyl sites for hydroxylation is 1. The van der Waals surface area contributed by atoms with Gasteiger partial charge in [0.15, 0.2) is 0 Å². The lowest BCUT2D eigenvalue weighted by atomic mass is 10.1. The Bertz CT molecular complexity index is 735. The Balaban J connectivity index is 2.09. The zero-order valence-electron chi connectivity index (χ0n) is 14.4. The maximum absolute atomic E-state index is 12.4. The Morgan fingerprint density at radius 2 is 1.88 bits per heavy atom. The lowest BCUT2D eigenvalue weighted by Gasteiger charge is -2.06. The number of rotatable bonds is 6. The van der Waals surface area contributed by atoms with Crippen molar-refractivity contribution in [1.82, 2.24) is 10.3 Å². The molecule has 0 aliphatic carbocycles. The summed E-state index contributed by atoms with van der Waals surface area (Å²) in [7, 11) is 0. The number of aromatic nitrogens is 1. The van der Waals surface area contributed by atoms with Crippen molar-refractivity contribution >= 4 is 23.6 Å². The van der Waals surface area contributed by atoms with E-state index in [2.05, 4.69) is 10.3 Å². The summed E-state index contributed by atoms with van der Waals surface area (Å²) in [6, 6.07) is 8.02. The molecule has 6 heteroatoms. The fourth-order valence-electron chi connectivity index (χ4n) is 2.50. The second-order valence-electron chi connectivity index (χ2n) is 5.38. The first-order valence-electron chi connectivity index (χ1n) is 7.75. The highest BCUT2D eigenvalue weighted by molar-refractivity contribution is 7.98. The number of ether oxygens (including phenoxy) is 1. The van der Waals surface area contributed by atoms with Crippen molar-refractivity contribution in [3.63, 3.8) is 0 Å². The van der Waals surface area contributed by atoms with E-state index in [1.165, 1.54) is 4.90 Å². The molecule has 0 saturated carbocycles. The smallest absolute Gasteiger partial charge is 0.340 e. The van der Waals surface area contributed by atoms with Crippen molar-refractivity contribution in [2.45, 2.75) is 32.2 Å². The van der Waals surface area contributed by atoms with E-state index < -0.39 is 5.97 Å². The van der Waals surface area contributed by atoms with Crippen LogP contribution in [-0.4, -0.2) is 29.7 Å². The number of thioether (sulfide) groups is 1. The van der Waals surface area contributed by atoms with E-state index in [1.54, 1.807) is 32.5 Å². The largest absolute Gasteiger partial charge is 0.462 e. The fraction of sp³-hybridized carbons (Fsp3) is 0.333. The van der Waals surface area contributed by atoms with Gasteiger partial charge in [0.2, 0.25) is 0 Å². The van der Waals surface area contributed by atoms with Crippen LogP contribution in [0.1, 0.15) is 44.6 Å². The van der Waals surface area contributed by atoms with E-state index in [0.29, 0.717) is 35.7 Å². The minimum Gasteiger partial charge on any atom is -0.462 e. The van der Waals surface area contributed by atoms with Crippen LogP contribution in [-0.2, 0) is 11.3 Å². The summed E-state index contributed by atoms with van der Waals surface area (Å²) >= 11 is 1.68. The molecule has 1 aromatic heterocycles. The number of nitrogens with one attached hydrogen (secondary N) is 2. The van der Waals surface area contributed by atoms with Crippen molar-refractivity contribution < 1.29 is 14.3 Å². The second-order valence-corrected chi connectivity index (χ2v) is 6.26. The molecule has 1 amide bonds. The minimum atomic E-state index is -0.407. The summed E-state index contributed by atoms with van der Waals surface area (Å²) in [5, 5.41) is 2.88. The molecule has 0 atom stereocenters. The first-order chi connectivity index (χ1) is 11.5. The van der Waals surface area contributed by atoms with Crippen LogP contribution in [0.2, 0.25) is 0 Å². The number of benzene rings is 1. The van der Waals surface area contributed by atoms with Gasteiger partial charge in [-0.05, 0) is 50.3 Å². The molecule has 5 nitrogen and oxygen atoms in total. The number of carbonyl (C=O) groups excluding carboxylic acids is 2. The Labute approximate surface area is 146 Å². The quantitative estimate of drug-likeness (QED) is 0.621. The lowest BCUT2D eigenvalue weighted by Crippen LogP contribution is -2.24. The minimum absolute atomic E-state index is 0.236. The molecule has 1 heterocycles. The average molecular weight is 346 g/mol. The van der Waals surface area contributed by atoms with Crippen molar-refractivity contribution in [3.05, 3.63) is 52.3 Å². The highest BCUT2D eigenvalue weighted by Crippen LogP contribution is 2.19. The van der Waals surface area contributed by atoms with Crippen LogP contribution in [0.5, 0.6) is 0 Å². The van der Waals surface area contributed by atoms with Gasteiger partial charge in [-0.2, -0.15) is 0 Å². The molecular weight excluding hydrogens is 324 g/mol. The molecule has 2 aromatic rings. The SMILES string of the molecule is CCOC(=O)c1c(C)[nH]c(C(=O)NCc2ccc(SC)cc2)c1C. The fourth-order valence-corrected chi connectivity index (χ4v) is 2.91. The normalized spacial score (nSPS) is 10.5. The molecule has 0 unspecified atom stereocenters. The van der Waals surface area contributed by atoms with Crippen LogP contribution in [0.4, 0.5) is 0 Å². The summed E-state index contributed by atoms with van der Waals surface area (Å²) < 4.78 is 5.04. The van der Waals surface area contributed by atoms with Crippen LogP contribution >= 0.6 is 11.8 Å². The van der Waals surface area contributed by atoms with Crippen molar-refractivity contribution in [2.75, 3.05) is 12.9 Å². The molecule has 0 fully saturated rings. The third kappa shape index (κ3) is 4.00. The molecule has 0 spiro atoms. The highest BCUT2D eigenvalue weighted by Gasteiger charge is 2.22. The topological polar surface area (TPSA) is 71.2 Å². The number of aromatic amines is 1. The van der Waals surface area contributed by atoms with Gasteiger partial charge in [0, 0.05) is 17.1 Å². The number of carbonyl (C=O) groups is 2. The van der Waals surface area contributed by atoms with E-state index in [-0.39, 0.29) is 5.91 Å². The summed E-state index contributed by atoms with van der Waals surface area (Å²) in [4.78, 5) is 28.6. The van der Waals surface area contributed by atoms with Crippen LogP contribution in [0, 0.1) is 13.8 Å². The summed E-state index contributed by atoms with van der Waals surface area (Å²) in [5.41, 5.74) is 3.11. The van der Waals surface area contributed by atoms with Gasteiger partial charge in [0.1, 0.15) is 5.69 Å². The molecule has 0 saturated heterocycles. The summed E-state index contributed by atoms with van der Waals surface area (Å²) in [5.74, 6) is -0.643. The van der Waals surface area contributed by atoms with E-state index in [1.807, 2.05) is 30.5 Å².